The summed E-state index contributed by atoms with van der Waals surface area (Å²) in [4.78, 5) is 22.6. The average molecular weight is 420 g/mol. The highest BCUT2D eigenvalue weighted by Gasteiger charge is 2.24. The van der Waals surface area contributed by atoms with Gasteiger partial charge >= 0.3 is 0 Å². The molecule has 8 heteroatoms. The monoisotopic (exact) mass is 419 g/mol. The lowest BCUT2D eigenvalue weighted by Gasteiger charge is -2.27. The van der Waals surface area contributed by atoms with E-state index in [-0.39, 0.29) is 24.4 Å². The van der Waals surface area contributed by atoms with E-state index in [0.29, 0.717) is 5.56 Å². The number of aromatic nitrogens is 3. The number of carbonyl (C=O) groups excluding carboxylic acids is 1. The fourth-order valence-electron chi connectivity index (χ4n) is 3.63. The van der Waals surface area contributed by atoms with Crippen LogP contribution in [0.2, 0.25) is 0 Å². The summed E-state index contributed by atoms with van der Waals surface area (Å²) in [5, 5.41) is 8.66. The molecular formula is C20H26ClN5OS. The second kappa shape index (κ2) is 8.19. The molecule has 6 nitrogen and oxygen atoms in total. The molecule has 0 bridgehead atoms. The number of thiophene rings is 1. The van der Waals surface area contributed by atoms with Gasteiger partial charge < -0.3 is 10.2 Å². The van der Waals surface area contributed by atoms with E-state index in [1.54, 1.807) is 17.5 Å². The summed E-state index contributed by atoms with van der Waals surface area (Å²) in [6.07, 6.45) is 1.78. The Labute approximate surface area is 175 Å². The molecule has 1 N–H and O–H groups in total. The third kappa shape index (κ3) is 3.66. The normalized spacial score (nSPS) is 14.5. The zero-order valence-electron chi connectivity index (χ0n) is 16.7. The molecule has 1 aliphatic heterocycles. The third-order valence-corrected chi connectivity index (χ3v) is 5.97. The van der Waals surface area contributed by atoms with E-state index in [0.717, 1.165) is 48.5 Å². The number of hydrogen-bond acceptors (Lipinski definition) is 5. The number of nitrogens with zero attached hydrogens (tertiary/aromatic N) is 4. The molecule has 28 heavy (non-hydrogen) atoms. The number of hydrogen-bond donors (Lipinski definition) is 1. The second-order valence-corrected chi connectivity index (χ2v) is 8.80. The van der Waals surface area contributed by atoms with Gasteiger partial charge in [0.05, 0.1) is 22.8 Å². The molecule has 3 aromatic heterocycles. The third-order valence-electron chi connectivity index (χ3n) is 5.01. The van der Waals surface area contributed by atoms with Gasteiger partial charge in [-0.1, -0.05) is 0 Å². The molecule has 150 valence electrons. The number of fused-ring (bicyclic) bond motifs is 1. The molecular weight excluding hydrogens is 394 g/mol. The molecule has 0 atom stereocenters. The lowest BCUT2D eigenvalue weighted by molar-refractivity contribution is 0.0738. The molecule has 0 radical (unpaired) electrons. The van der Waals surface area contributed by atoms with Crippen LogP contribution in [0.25, 0.3) is 22.3 Å². The Morgan fingerprint density at radius 2 is 1.93 bits per heavy atom. The van der Waals surface area contributed by atoms with Crippen molar-refractivity contribution in [3.05, 3.63) is 33.6 Å². The summed E-state index contributed by atoms with van der Waals surface area (Å²) in [5.74, 6) is 0.0676. The van der Waals surface area contributed by atoms with Gasteiger partial charge in [-0.05, 0) is 39.8 Å². The van der Waals surface area contributed by atoms with Crippen LogP contribution in [0.1, 0.15) is 40.0 Å². The van der Waals surface area contributed by atoms with Crippen LogP contribution in [0, 0.1) is 13.8 Å². The number of aryl methyl sites for hydroxylation is 2. The molecule has 1 aliphatic rings. The Balaban J connectivity index is 0.00000225. The van der Waals surface area contributed by atoms with Crippen molar-refractivity contribution >= 4 is 40.7 Å². The van der Waals surface area contributed by atoms with Gasteiger partial charge in [0.15, 0.2) is 5.65 Å². The molecule has 0 saturated carbocycles. The van der Waals surface area contributed by atoms with E-state index in [9.17, 15) is 4.79 Å². The molecule has 1 fully saturated rings. The molecule has 1 saturated heterocycles. The summed E-state index contributed by atoms with van der Waals surface area (Å²) in [6.45, 7) is 11.5. The van der Waals surface area contributed by atoms with Crippen LogP contribution in [-0.4, -0.2) is 51.8 Å². The van der Waals surface area contributed by atoms with Gasteiger partial charge in [-0.25, -0.2) is 9.67 Å². The molecule has 4 heterocycles. The molecule has 4 rings (SSSR count). The first-order valence-corrected chi connectivity index (χ1v) is 10.2. The highest BCUT2D eigenvalue weighted by molar-refractivity contribution is 7.12. The zero-order valence-corrected chi connectivity index (χ0v) is 18.3. The van der Waals surface area contributed by atoms with Crippen molar-refractivity contribution in [1.82, 2.24) is 25.0 Å². The van der Waals surface area contributed by atoms with Crippen LogP contribution >= 0.6 is 23.7 Å². The molecule has 0 unspecified atom stereocenters. The summed E-state index contributed by atoms with van der Waals surface area (Å²) in [6, 6.07) is 4.29. The van der Waals surface area contributed by atoms with E-state index in [4.69, 9.17) is 4.98 Å². The maximum absolute atomic E-state index is 13.3. The lowest BCUT2D eigenvalue weighted by Crippen LogP contribution is -2.46. The number of carbonyl (C=O) groups is 1. The van der Waals surface area contributed by atoms with Crippen molar-refractivity contribution < 1.29 is 4.79 Å². The van der Waals surface area contributed by atoms with E-state index >= 15 is 0 Å². The Morgan fingerprint density at radius 1 is 1.21 bits per heavy atom. The van der Waals surface area contributed by atoms with Crippen molar-refractivity contribution in [2.75, 3.05) is 26.2 Å². The maximum atomic E-state index is 13.3. The fourth-order valence-corrected chi connectivity index (χ4v) is 4.57. The number of rotatable bonds is 3. The van der Waals surface area contributed by atoms with E-state index < -0.39 is 0 Å². The van der Waals surface area contributed by atoms with Crippen molar-refractivity contribution in [3.8, 4) is 11.3 Å². The van der Waals surface area contributed by atoms with Crippen LogP contribution in [0.4, 0.5) is 0 Å². The predicted molar refractivity (Wildman–Crippen MR) is 117 cm³/mol. The first kappa shape index (κ1) is 20.8. The minimum absolute atomic E-state index is 0. The summed E-state index contributed by atoms with van der Waals surface area (Å²) in [5.41, 5.74) is 3.44. The molecule has 0 aliphatic carbocycles. The van der Waals surface area contributed by atoms with Crippen molar-refractivity contribution in [2.45, 2.75) is 33.7 Å². The maximum Gasteiger partial charge on any atom is 0.254 e. The molecule has 1 amide bonds. The van der Waals surface area contributed by atoms with Gasteiger partial charge in [0, 0.05) is 47.5 Å². The van der Waals surface area contributed by atoms with Crippen LogP contribution in [0.3, 0.4) is 0 Å². The van der Waals surface area contributed by atoms with Crippen LogP contribution < -0.4 is 5.32 Å². The minimum atomic E-state index is 0. The van der Waals surface area contributed by atoms with Gasteiger partial charge in [-0.3, -0.25) is 4.79 Å². The lowest BCUT2D eigenvalue weighted by atomic mass is 10.1. The van der Waals surface area contributed by atoms with Gasteiger partial charge in [0.25, 0.3) is 5.91 Å². The first-order valence-electron chi connectivity index (χ1n) is 9.41. The van der Waals surface area contributed by atoms with E-state index in [2.05, 4.69) is 44.2 Å². The summed E-state index contributed by atoms with van der Waals surface area (Å²) in [7, 11) is 0. The van der Waals surface area contributed by atoms with Crippen molar-refractivity contribution in [3.63, 3.8) is 0 Å². The van der Waals surface area contributed by atoms with Crippen LogP contribution in [0.5, 0.6) is 0 Å². The Morgan fingerprint density at radius 3 is 2.54 bits per heavy atom. The van der Waals surface area contributed by atoms with Gasteiger partial charge in [0.1, 0.15) is 0 Å². The minimum Gasteiger partial charge on any atom is -0.336 e. The van der Waals surface area contributed by atoms with Crippen molar-refractivity contribution in [1.29, 1.82) is 0 Å². The Hall–Kier alpha value is -1.96. The van der Waals surface area contributed by atoms with E-state index in [1.165, 1.54) is 9.75 Å². The molecule has 0 aromatic carbocycles. The highest BCUT2D eigenvalue weighted by Crippen LogP contribution is 2.33. The number of halogens is 1. The number of piperazine rings is 1. The SMILES string of the molecule is Cc1cc(-c2cc(C(=O)N3CCNCC3)c3cnn(C(C)C)c3n2)c(C)s1.Cl. The topological polar surface area (TPSA) is 63.1 Å². The predicted octanol–water partition coefficient (Wildman–Crippen LogP) is 3.82. The number of amides is 1. The quantitative estimate of drug-likeness (QED) is 0.700. The average Bonchev–Trinajstić information content (AvgIpc) is 3.23. The summed E-state index contributed by atoms with van der Waals surface area (Å²) < 4.78 is 1.90. The standard InChI is InChI=1S/C20H25N5OS.ClH/c1-12(2)25-19-17(11-22-25)16(20(26)24-7-5-21-6-8-24)10-18(23-19)15-9-13(3)27-14(15)4;/h9-12,21H,5-8H2,1-4H3;1H. The molecule has 0 spiro atoms. The summed E-state index contributed by atoms with van der Waals surface area (Å²) >= 11 is 1.76. The van der Waals surface area contributed by atoms with E-state index in [1.807, 2.05) is 15.6 Å². The van der Waals surface area contributed by atoms with Gasteiger partial charge in [0.2, 0.25) is 0 Å². The van der Waals surface area contributed by atoms with Gasteiger partial charge in [-0.2, -0.15) is 5.10 Å². The Kier molecular flexibility index (Phi) is 6.07. The Bertz CT molecular complexity index is 1000. The number of pyridine rings is 1. The second-order valence-electron chi connectivity index (χ2n) is 7.34. The molecule has 3 aromatic rings. The smallest absolute Gasteiger partial charge is 0.254 e. The number of nitrogens with one attached hydrogen (secondary N) is 1. The van der Waals surface area contributed by atoms with Crippen LogP contribution in [-0.2, 0) is 0 Å². The largest absolute Gasteiger partial charge is 0.336 e. The fraction of sp³-hybridized carbons (Fsp3) is 0.450. The first-order chi connectivity index (χ1) is 13.0. The van der Waals surface area contributed by atoms with Crippen molar-refractivity contribution in [2.24, 2.45) is 0 Å². The van der Waals surface area contributed by atoms with Gasteiger partial charge in [-0.15, -0.1) is 23.7 Å². The highest BCUT2D eigenvalue weighted by atomic mass is 35.5. The zero-order chi connectivity index (χ0) is 19.1. The van der Waals surface area contributed by atoms with Crippen LogP contribution in [0.15, 0.2) is 18.3 Å².